The molecule has 0 aliphatic carbocycles. The van der Waals surface area contributed by atoms with Crippen LogP contribution in [0.5, 0.6) is 0 Å². The Labute approximate surface area is 209 Å². The van der Waals surface area contributed by atoms with Crippen molar-refractivity contribution in [2.24, 2.45) is 0 Å². The van der Waals surface area contributed by atoms with Crippen molar-refractivity contribution >= 4 is 28.7 Å². The van der Waals surface area contributed by atoms with Gasteiger partial charge in [-0.25, -0.2) is 14.8 Å². The van der Waals surface area contributed by atoms with Gasteiger partial charge in [0.05, 0.1) is 11.8 Å². The quantitative estimate of drug-likeness (QED) is 0.389. The summed E-state index contributed by atoms with van der Waals surface area (Å²) >= 11 is 6.29. The molecule has 4 aromatic heterocycles. The van der Waals surface area contributed by atoms with E-state index in [1.165, 1.54) is 0 Å². The number of pyridine rings is 1. The minimum Gasteiger partial charge on any atom is -0.420 e. The maximum absolute atomic E-state index is 12.9. The fourth-order valence-electron chi connectivity index (χ4n) is 4.64. The molecule has 6 rings (SSSR count). The first-order valence-corrected chi connectivity index (χ1v) is 11.9. The Kier molecular flexibility index (Phi) is 5.61. The highest BCUT2D eigenvalue weighted by atomic mass is 35.5. The van der Waals surface area contributed by atoms with Crippen molar-refractivity contribution in [2.45, 2.75) is 25.3 Å². The Balaban J connectivity index is 1.12. The molecule has 1 saturated heterocycles. The number of benzene rings is 1. The molecular formula is C24H21ClN8O3. The van der Waals surface area contributed by atoms with Crippen molar-refractivity contribution in [2.75, 3.05) is 13.1 Å². The molecule has 0 atom stereocenters. The summed E-state index contributed by atoms with van der Waals surface area (Å²) in [5.74, 6) is 0.426. The number of rotatable bonds is 5. The third-order valence-electron chi connectivity index (χ3n) is 6.37. The van der Waals surface area contributed by atoms with Crippen LogP contribution in [0, 0.1) is 0 Å². The first kappa shape index (κ1) is 22.2. The number of nitrogens with one attached hydrogen (secondary N) is 1. The van der Waals surface area contributed by atoms with Crippen LogP contribution in [-0.2, 0) is 11.2 Å². The van der Waals surface area contributed by atoms with Crippen molar-refractivity contribution < 1.29 is 9.21 Å². The number of carbonyl (C=O) groups excluding carboxylic acids is 1. The molecule has 1 aliphatic heterocycles. The summed E-state index contributed by atoms with van der Waals surface area (Å²) in [7, 11) is 0. The van der Waals surface area contributed by atoms with Gasteiger partial charge in [0.15, 0.2) is 5.65 Å². The molecule has 5 heterocycles. The Hall–Kier alpha value is -4.25. The SMILES string of the molecule is O=C(Cc1nnc(-c2cc(Cl)cc(-n3ccnc3)c2)o1)N1CCC(n2c(=O)[nH]c3ncccc32)CC1. The number of carbonyl (C=O) groups is 1. The molecule has 5 aromatic rings. The molecule has 0 unspecified atom stereocenters. The van der Waals surface area contributed by atoms with Gasteiger partial charge in [-0.15, -0.1) is 10.2 Å². The predicted molar refractivity (Wildman–Crippen MR) is 131 cm³/mol. The van der Waals surface area contributed by atoms with Crippen LogP contribution in [0.25, 0.3) is 28.3 Å². The number of hydrogen-bond acceptors (Lipinski definition) is 7. The first-order chi connectivity index (χ1) is 17.5. The highest BCUT2D eigenvalue weighted by molar-refractivity contribution is 6.31. The van der Waals surface area contributed by atoms with E-state index in [2.05, 4.69) is 25.1 Å². The van der Waals surface area contributed by atoms with Crippen molar-refractivity contribution in [3.8, 4) is 17.1 Å². The third-order valence-corrected chi connectivity index (χ3v) is 6.59. The number of amides is 1. The second-order valence-corrected chi connectivity index (χ2v) is 9.07. The lowest BCUT2D eigenvalue weighted by atomic mass is 10.0. The van der Waals surface area contributed by atoms with Gasteiger partial charge in [0.25, 0.3) is 0 Å². The summed E-state index contributed by atoms with van der Waals surface area (Å²) < 4.78 is 9.36. The number of imidazole rings is 2. The Bertz CT molecular complexity index is 1600. The van der Waals surface area contributed by atoms with E-state index in [1.807, 2.05) is 29.0 Å². The summed E-state index contributed by atoms with van der Waals surface area (Å²) in [6.45, 7) is 1.07. The van der Waals surface area contributed by atoms with E-state index in [4.69, 9.17) is 16.0 Å². The van der Waals surface area contributed by atoms with Crippen LogP contribution in [0.3, 0.4) is 0 Å². The lowest BCUT2D eigenvalue weighted by molar-refractivity contribution is -0.132. The second-order valence-electron chi connectivity index (χ2n) is 8.63. The van der Waals surface area contributed by atoms with Crippen LogP contribution in [-0.4, -0.2) is 58.2 Å². The van der Waals surface area contributed by atoms with Crippen molar-refractivity contribution in [1.82, 2.24) is 39.2 Å². The predicted octanol–water partition coefficient (Wildman–Crippen LogP) is 3.02. The molecule has 11 nitrogen and oxygen atoms in total. The summed E-state index contributed by atoms with van der Waals surface area (Å²) in [6.07, 6.45) is 8.14. The van der Waals surface area contributed by atoms with Gasteiger partial charge in [-0.1, -0.05) is 11.6 Å². The van der Waals surface area contributed by atoms with E-state index < -0.39 is 0 Å². The highest BCUT2D eigenvalue weighted by Gasteiger charge is 2.27. The van der Waals surface area contributed by atoms with Crippen LogP contribution < -0.4 is 5.69 Å². The molecule has 1 aromatic carbocycles. The summed E-state index contributed by atoms with van der Waals surface area (Å²) in [5, 5.41) is 8.70. The minimum absolute atomic E-state index is 0.00188. The number of aromatic amines is 1. The summed E-state index contributed by atoms with van der Waals surface area (Å²) in [4.78, 5) is 38.2. The molecule has 1 aliphatic rings. The molecule has 0 saturated carbocycles. The van der Waals surface area contributed by atoms with Gasteiger partial charge < -0.3 is 13.9 Å². The van der Waals surface area contributed by atoms with Crippen molar-refractivity contribution in [3.63, 3.8) is 0 Å². The zero-order valence-corrected chi connectivity index (χ0v) is 19.8. The van der Waals surface area contributed by atoms with Gasteiger partial charge >= 0.3 is 5.69 Å². The topological polar surface area (TPSA) is 128 Å². The molecule has 0 spiro atoms. The van der Waals surface area contributed by atoms with Crippen LogP contribution in [0.15, 0.2) is 64.5 Å². The largest absolute Gasteiger partial charge is 0.420 e. The standard InChI is InChI=1S/C24H21ClN8O3/c25-16-10-15(11-18(12-16)32-9-6-26-14-32)23-30-29-20(36-23)13-21(34)31-7-3-17(4-8-31)33-19-2-1-5-27-22(19)28-24(33)35/h1-2,5-6,9-12,14,17H,3-4,7-8,13H2,(H,27,28,35). The maximum Gasteiger partial charge on any atom is 0.327 e. The second kappa shape index (κ2) is 9.08. The number of hydrogen-bond donors (Lipinski definition) is 1. The average molecular weight is 505 g/mol. The molecule has 1 amide bonds. The molecule has 36 heavy (non-hydrogen) atoms. The lowest BCUT2D eigenvalue weighted by Crippen LogP contribution is -2.41. The molecule has 12 heteroatoms. The maximum atomic E-state index is 12.9. The van der Waals surface area contributed by atoms with E-state index >= 15 is 0 Å². The van der Waals surface area contributed by atoms with Gasteiger partial charge in [0.2, 0.25) is 17.7 Å². The zero-order valence-electron chi connectivity index (χ0n) is 19.0. The number of nitrogens with zero attached hydrogens (tertiary/aromatic N) is 7. The van der Waals surface area contributed by atoms with E-state index in [0.717, 1.165) is 11.2 Å². The number of halogens is 1. The minimum atomic E-state index is -0.177. The number of fused-ring (bicyclic) bond motifs is 1. The van der Waals surface area contributed by atoms with Gasteiger partial charge in [0, 0.05) is 54.0 Å². The van der Waals surface area contributed by atoms with Gasteiger partial charge in [-0.2, -0.15) is 0 Å². The normalized spacial score (nSPS) is 14.5. The van der Waals surface area contributed by atoms with Gasteiger partial charge in [-0.05, 0) is 43.2 Å². The monoisotopic (exact) mass is 504 g/mol. The number of likely N-dealkylation sites (tertiary alicyclic amines) is 1. The number of piperidine rings is 1. The Morgan fingerprint density at radius 2 is 2.03 bits per heavy atom. The van der Waals surface area contributed by atoms with Crippen molar-refractivity contribution in [3.05, 3.63) is 76.6 Å². The van der Waals surface area contributed by atoms with Crippen LogP contribution in [0.2, 0.25) is 5.02 Å². The fourth-order valence-corrected chi connectivity index (χ4v) is 4.87. The molecule has 0 bridgehead atoms. The molecular weight excluding hydrogens is 484 g/mol. The van der Waals surface area contributed by atoms with E-state index in [9.17, 15) is 9.59 Å². The van der Waals surface area contributed by atoms with E-state index in [0.29, 0.717) is 42.2 Å². The molecule has 0 radical (unpaired) electrons. The summed E-state index contributed by atoms with van der Waals surface area (Å²) in [5.41, 5.74) is 2.63. The van der Waals surface area contributed by atoms with E-state index in [-0.39, 0.29) is 35.8 Å². The van der Waals surface area contributed by atoms with Crippen LogP contribution in [0.4, 0.5) is 0 Å². The highest BCUT2D eigenvalue weighted by Crippen LogP contribution is 2.27. The molecule has 1 fully saturated rings. The smallest absolute Gasteiger partial charge is 0.327 e. The van der Waals surface area contributed by atoms with Gasteiger partial charge in [0.1, 0.15) is 6.42 Å². The molecule has 182 valence electrons. The molecule has 1 N–H and O–H groups in total. The Morgan fingerprint density at radius 3 is 2.83 bits per heavy atom. The lowest BCUT2D eigenvalue weighted by Gasteiger charge is -2.32. The first-order valence-electron chi connectivity index (χ1n) is 11.5. The summed E-state index contributed by atoms with van der Waals surface area (Å²) in [6, 6.07) is 9.09. The zero-order chi connectivity index (χ0) is 24.6. The number of aromatic nitrogens is 7. The van der Waals surface area contributed by atoms with E-state index in [1.54, 1.807) is 40.3 Å². The Morgan fingerprint density at radius 1 is 1.17 bits per heavy atom. The van der Waals surface area contributed by atoms with Crippen molar-refractivity contribution in [1.29, 1.82) is 0 Å². The fraction of sp³-hybridized carbons (Fsp3) is 0.250. The third kappa shape index (κ3) is 4.17. The average Bonchev–Trinajstić information content (AvgIpc) is 3.64. The number of H-pyrrole nitrogens is 1. The van der Waals surface area contributed by atoms with Gasteiger partial charge in [-0.3, -0.25) is 14.3 Å². The van der Waals surface area contributed by atoms with Crippen LogP contribution >= 0.6 is 11.6 Å². The van der Waals surface area contributed by atoms with Crippen LogP contribution in [0.1, 0.15) is 24.8 Å².